The predicted octanol–water partition coefficient (Wildman–Crippen LogP) is 0.0420. The van der Waals surface area contributed by atoms with Gasteiger partial charge >= 0.3 is 5.97 Å². The molecule has 0 spiro atoms. The number of nitrogens with zero attached hydrogens (tertiary/aromatic N) is 1. The number of halogens is 1. The third-order valence-electron chi connectivity index (χ3n) is 2.96. The summed E-state index contributed by atoms with van der Waals surface area (Å²) in [6.07, 6.45) is -0.610. The molecular weight excluding hydrogens is 300 g/mol. The Hall–Kier alpha value is -2.28. The van der Waals surface area contributed by atoms with Crippen molar-refractivity contribution in [1.29, 1.82) is 0 Å². The van der Waals surface area contributed by atoms with Gasteiger partial charge in [0.25, 0.3) is 5.91 Å². The third kappa shape index (κ3) is 3.63. The first-order valence-corrected chi connectivity index (χ1v) is 6.48. The number of hydrogen-bond acceptors (Lipinski definition) is 4. The van der Waals surface area contributed by atoms with Crippen LogP contribution in [0.5, 0.6) is 5.75 Å². The van der Waals surface area contributed by atoms with E-state index in [0.717, 1.165) is 10.5 Å². The standard InChI is InChI=1S/C13H13ClN2O5/c14-8-1-2-9-7(3-8)4-10(21-9)13(20)16(5-11(15)17)6-12(18)19/h1-3,10H,4-6H2,(H2,15,17)(H,18,19). The van der Waals surface area contributed by atoms with Crippen LogP contribution in [-0.2, 0) is 20.8 Å². The molecule has 21 heavy (non-hydrogen) atoms. The third-order valence-corrected chi connectivity index (χ3v) is 3.19. The van der Waals surface area contributed by atoms with E-state index in [1.807, 2.05) is 0 Å². The largest absolute Gasteiger partial charge is 0.480 e. The number of carbonyl (C=O) groups excluding carboxylic acids is 2. The summed E-state index contributed by atoms with van der Waals surface area (Å²) in [5.41, 5.74) is 5.79. The van der Waals surface area contributed by atoms with Crippen LogP contribution < -0.4 is 10.5 Å². The molecule has 0 radical (unpaired) electrons. The van der Waals surface area contributed by atoms with Crippen molar-refractivity contribution in [2.24, 2.45) is 5.73 Å². The first-order chi connectivity index (χ1) is 9.86. The molecule has 3 N–H and O–H groups in total. The van der Waals surface area contributed by atoms with E-state index >= 15 is 0 Å². The van der Waals surface area contributed by atoms with E-state index in [0.29, 0.717) is 10.8 Å². The van der Waals surface area contributed by atoms with Crippen LogP contribution in [0.15, 0.2) is 18.2 Å². The molecule has 0 bridgehead atoms. The van der Waals surface area contributed by atoms with Crippen LogP contribution in [0.2, 0.25) is 5.02 Å². The topological polar surface area (TPSA) is 110 Å². The van der Waals surface area contributed by atoms with Crippen molar-refractivity contribution in [3.05, 3.63) is 28.8 Å². The fourth-order valence-corrected chi connectivity index (χ4v) is 2.32. The summed E-state index contributed by atoms with van der Waals surface area (Å²) in [7, 11) is 0. The van der Waals surface area contributed by atoms with Gasteiger partial charge in [-0.3, -0.25) is 14.4 Å². The number of amides is 2. The Morgan fingerprint density at radius 1 is 1.38 bits per heavy atom. The number of carboxylic acids is 1. The Balaban J connectivity index is 2.12. The molecule has 2 rings (SSSR count). The van der Waals surface area contributed by atoms with Crippen LogP contribution in [-0.4, -0.2) is 47.0 Å². The lowest BCUT2D eigenvalue weighted by molar-refractivity contribution is -0.148. The van der Waals surface area contributed by atoms with Crippen LogP contribution in [0.4, 0.5) is 0 Å². The van der Waals surface area contributed by atoms with Gasteiger partial charge in [0, 0.05) is 11.4 Å². The minimum Gasteiger partial charge on any atom is -0.480 e. The van der Waals surface area contributed by atoms with Crippen molar-refractivity contribution in [3.63, 3.8) is 0 Å². The highest BCUT2D eigenvalue weighted by Gasteiger charge is 2.33. The molecule has 0 saturated heterocycles. The highest BCUT2D eigenvalue weighted by molar-refractivity contribution is 6.30. The van der Waals surface area contributed by atoms with Gasteiger partial charge in [-0.1, -0.05) is 11.6 Å². The zero-order valence-electron chi connectivity index (χ0n) is 10.9. The summed E-state index contributed by atoms with van der Waals surface area (Å²) in [6.45, 7) is -1.08. The average Bonchev–Trinajstić information content (AvgIpc) is 2.78. The highest BCUT2D eigenvalue weighted by Crippen LogP contribution is 2.31. The van der Waals surface area contributed by atoms with Crippen LogP contribution in [0.1, 0.15) is 5.56 Å². The zero-order valence-corrected chi connectivity index (χ0v) is 11.7. The lowest BCUT2D eigenvalue weighted by Crippen LogP contribution is -2.47. The number of nitrogens with two attached hydrogens (primary N) is 1. The van der Waals surface area contributed by atoms with Crippen LogP contribution in [0.3, 0.4) is 0 Å². The maximum atomic E-state index is 12.3. The summed E-state index contributed by atoms with van der Waals surface area (Å²) >= 11 is 5.86. The number of carbonyl (C=O) groups is 3. The van der Waals surface area contributed by atoms with Crippen molar-refractivity contribution in [3.8, 4) is 5.75 Å². The van der Waals surface area contributed by atoms with E-state index in [-0.39, 0.29) is 6.42 Å². The Kier molecular flexibility index (Phi) is 4.32. The molecule has 1 aliphatic rings. The Bertz CT molecular complexity index is 588. The normalized spacial score (nSPS) is 16.0. The quantitative estimate of drug-likeness (QED) is 0.798. The fraction of sp³-hybridized carbons (Fsp3) is 0.308. The van der Waals surface area contributed by atoms with E-state index in [1.54, 1.807) is 18.2 Å². The number of aliphatic carboxylic acids is 1. The minimum absolute atomic E-state index is 0.267. The monoisotopic (exact) mass is 312 g/mol. The maximum absolute atomic E-state index is 12.3. The molecule has 1 unspecified atom stereocenters. The number of benzene rings is 1. The number of rotatable bonds is 5. The molecule has 1 atom stereocenters. The fourth-order valence-electron chi connectivity index (χ4n) is 2.12. The van der Waals surface area contributed by atoms with Crippen molar-refractivity contribution >= 4 is 29.4 Å². The summed E-state index contributed by atoms with van der Waals surface area (Å²) < 4.78 is 5.47. The van der Waals surface area contributed by atoms with Crippen LogP contribution in [0.25, 0.3) is 0 Å². The second-order valence-electron chi connectivity index (χ2n) is 4.62. The Morgan fingerprint density at radius 3 is 2.71 bits per heavy atom. The van der Waals surface area contributed by atoms with Gasteiger partial charge in [-0.15, -0.1) is 0 Å². The molecule has 112 valence electrons. The molecule has 1 aliphatic heterocycles. The molecule has 1 aromatic rings. The van der Waals surface area contributed by atoms with Gasteiger partial charge in [0.15, 0.2) is 6.10 Å². The molecule has 0 saturated carbocycles. The van der Waals surface area contributed by atoms with Crippen molar-refractivity contribution in [2.75, 3.05) is 13.1 Å². The lowest BCUT2D eigenvalue weighted by Gasteiger charge is -2.22. The number of primary amides is 1. The molecule has 0 fully saturated rings. The Morgan fingerprint density at radius 2 is 2.10 bits per heavy atom. The first kappa shape index (κ1) is 15.1. The molecule has 2 amide bonds. The van der Waals surface area contributed by atoms with E-state index in [2.05, 4.69) is 0 Å². The molecular formula is C13H13ClN2O5. The molecule has 1 heterocycles. The number of carboxylic acid groups (broad SMARTS) is 1. The van der Waals surface area contributed by atoms with E-state index in [9.17, 15) is 14.4 Å². The minimum atomic E-state index is -1.23. The Labute approximate surface area is 125 Å². The molecule has 0 aromatic heterocycles. The summed E-state index contributed by atoms with van der Waals surface area (Å²) in [5, 5.41) is 9.31. The smallest absolute Gasteiger partial charge is 0.323 e. The zero-order chi connectivity index (χ0) is 15.6. The van der Waals surface area contributed by atoms with E-state index < -0.39 is 37.0 Å². The van der Waals surface area contributed by atoms with E-state index in [4.69, 9.17) is 27.2 Å². The average molecular weight is 313 g/mol. The molecule has 7 nitrogen and oxygen atoms in total. The highest BCUT2D eigenvalue weighted by atomic mass is 35.5. The molecule has 8 heteroatoms. The summed E-state index contributed by atoms with van der Waals surface area (Å²) in [6, 6.07) is 4.95. The van der Waals surface area contributed by atoms with Crippen molar-refractivity contribution in [2.45, 2.75) is 12.5 Å². The van der Waals surface area contributed by atoms with Gasteiger partial charge < -0.3 is 20.5 Å². The SMILES string of the molecule is NC(=O)CN(CC(=O)O)C(=O)C1Cc2cc(Cl)ccc2O1. The van der Waals surface area contributed by atoms with E-state index in [1.165, 1.54) is 0 Å². The van der Waals surface area contributed by atoms with Crippen molar-refractivity contribution < 1.29 is 24.2 Å². The lowest BCUT2D eigenvalue weighted by atomic mass is 10.1. The molecule has 0 aliphatic carbocycles. The molecule has 1 aromatic carbocycles. The van der Waals surface area contributed by atoms with Crippen LogP contribution in [0, 0.1) is 0 Å². The van der Waals surface area contributed by atoms with Crippen molar-refractivity contribution in [1.82, 2.24) is 4.90 Å². The van der Waals surface area contributed by atoms with Gasteiger partial charge in [-0.05, 0) is 23.8 Å². The van der Waals surface area contributed by atoms with Gasteiger partial charge in [0.1, 0.15) is 18.8 Å². The number of hydrogen-bond donors (Lipinski definition) is 2. The first-order valence-electron chi connectivity index (χ1n) is 6.11. The number of fused-ring (bicyclic) bond motifs is 1. The summed E-state index contributed by atoms with van der Waals surface area (Å²) in [5.74, 6) is -2.10. The predicted molar refractivity (Wildman–Crippen MR) is 73.0 cm³/mol. The second kappa shape index (κ2) is 6.01. The van der Waals surface area contributed by atoms with Gasteiger partial charge in [-0.2, -0.15) is 0 Å². The number of ether oxygens (including phenoxy) is 1. The van der Waals surface area contributed by atoms with Gasteiger partial charge in [-0.25, -0.2) is 0 Å². The van der Waals surface area contributed by atoms with Gasteiger partial charge in [0.2, 0.25) is 5.91 Å². The van der Waals surface area contributed by atoms with Crippen LogP contribution >= 0.6 is 11.6 Å². The maximum Gasteiger partial charge on any atom is 0.323 e. The summed E-state index contributed by atoms with van der Waals surface area (Å²) in [4.78, 5) is 34.9. The second-order valence-corrected chi connectivity index (χ2v) is 5.05. The van der Waals surface area contributed by atoms with Gasteiger partial charge in [0.05, 0.1) is 0 Å².